The maximum atomic E-state index is 5.96. The van der Waals surface area contributed by atoms with Gasteiger partial charge in [0.1, 0.15) is 11.5 Å². The molecule has 0 spiro atoms. The maximum Gasteiger partial charge on any atom is 0.117 e. The van der Waals surface area contributed by atoms with Crippen molar-refractivity contribution in [2.75, 3.05) is 13.1 Å². The Balaban J connectivity index is 1.79. The van der Waals surface area contributed by atoms with Gasteiger partial charge in [0.25, 0.3) is 0 Å². The molecule has 0 aromatic carbocycles. The van der Waals surface area contributed by atoms with Crippen molar-refractivity contribution in [2.24, 2.45) is 11.1 Å². The maximum absolute atomic E-state index is 5.96. The number of hydrogen-bond donors (Lipinski definition) is 2. The molecule has 1 heterocycles. The summed E-state index contributed by atoms with van der Waals surface area (Å²) in [6.07, 6.45) is 6.58. The van der Waals surface area contributed by atoms with E-state index in [0.29, 0.717) is 5.41 Å². The lowest BCUT2D eigenvalue weighted by atomic mass is 9.74. The summed E-state index contributed by atoms with van der Waals surface area (Å²) in [5.41, 5.74) is 6.29. The molecule has 1 aliphatic carbocycles. The highest BCUT2D eigenvalue weighted by Crippen LogP contribution is 2.34. The number of nitrogens with one attached hydrogen (secondary N) is 1. The van der Waals surface area contributed by atoms with Crippen molar-refractivity contribution in [3.8, 4) is 0 Å². The molecule has 0 atom stereocenters. The largest absolute Gasteiger partial charge is 0.465 e. The van der Waals surface area contributed by atoms with Crippen molar-refractivity contribution in [3.63, 3.8) is 0 Å². The second kappa shape index (κ2) is 5.69. The summed E-state index contributed by atoms with van der Waals surface area (Å²) < 4.78 is 5.55. The Kier molecular flexibility index (Phi) is 4.24. The Bertz CT molecular complexity index is 340. The molecule has 0 saturated heterocycles. The van der Waals surface area contributed by atoms with E-state index in [1.807, 2.05) is 19.1 Å². The summed E-state index contributed by atoms with van der Waals surface area (Å²) in [4.78, 5) is 0. The van der Waals surface area contributed by atoms with E-state index < -0.39 is 0 Å². The molecule has 1 aromatic rings. The summed E-state index contributed by atoms with van der Waals surface area (Å²) in [7, 11) is 0. The lowest BCUT2D eigenvalue weighted by Crippen LogP contribution is -2.41. The number of aryl methyl sites for hydroxylation is 1. The van der Waals surface area contributed by atoms with Crippen LogP contribution < -0.4 is 11.1 Å². The third-order valence-corrected chi connectivity index (χ3v) is 3.94. The average molecular weight is 236 g/mol. The predicted octanol–water partition coefficient (Wildman–Crippen LogP) is 2.59. The van der Waals surface area contributed by atoms with E-state index in [2.05, 4.69) is 5.32 Å². The zero-order valence-corrected chi connectivity index (χ0v) is 10.8. The van der Waals surface area contributed by atoms with Gasteiger partial charge in [-0.3, -0.25) is 0 Å². The lowest BCUT2D eigenvalue weighted by molar-refractivity contribution is 0.189. The summed E-state index contributed by atoms with van der Waals surface area (Å²) >= 11 is 0. The fourth-order valence-electron chi connectivity index (χ4n) is 2.79. The Morgan fingerprint density at radius 1 is 1.29 bits per heavy atom. The number of hydrogen-bond acceptors (Lipinski definition) is 3. The molecule has 3 heteroatoms. The van der Waals surface area contributed by atoms with Crippen LogP contribution in [0.25, 0.3) is 0 Å². The van der Waals surface area contributed by atoms with Crippen molar-refractivity contribution in [2.45, 2.75) is 45.6 Å². The van der Waals surface area contributed by atoms with Gasteiger partial charge in [0.05, 0.1) is 6.54 Å². The van der Waals surface area contributed by atoms with E-state index in [-0.39, 0.29) is 0 Å². The Labute approximate surface area is 104 Å². The fraction of sp³-hybridized carbons (Fsp3) is 0.714. The molecule has 1 saturated carbocycles. The summed E-state index contributed by atoms with van der Waals surface area (Å²) in [6, 6.07) is 4.05. The quantitative estimate of drug-likeness (QED) is 0.826. The minimum atomic E-state index is 0.333. The summed E-state index contributed by atoms with van der Waals surface area (Å²) in [5.74, 6) is 2.00. The summed E-state index contributed by atoms with van der Waals surface area (Å²) in [5, 5.41) is 3.50. The lowest BCUT2D eigenvalue weighted by Gasteiger charge is -2.36. The van der Waals surface area contributed by atoms with Crippen LogP contribution in [0.2, 0.25) is 0 Å². The van der Waals surface area contributed by atoms with E-state index in [1.165, 1.54) is 32.1 Å². The standard InChI is InChI=1S/C14H24N2O/c1-12-5-6-13(17-12)9-16-11-14(10-15)7-3-2-4-8-14/h5-6,16H,2-4,7-11,15H2,1H3. The van der Waals surface area contributed by atoms with E-state index in [4.69, 9.17) is 10.2 Å². The van der Waals surface area contributed by atoms with Crippen LogP contribution in [0.1, 0.15) is 43.6 Å². The molecule has 3 nitrogen and oxygen atoms in total. The van der Waals surface area contributed by atoms with Crippen LogP contribution >= 0.6 is 0 Å². The predicted molar refractivity (Wildman–Crippen MR) is 69.7 cm³/mol. The van der Waals surface area contributed by atoms with Gasteiger partial charge in [-0.25, -0.2) is 0 Å². The number of rotatable bonds is 5. The molecule has 17 heavy (non-hydrogen) atoms. The van der Waals surface area contributed by atoms with Crippen molar-refractivity contribution >= 4 is 0 Å². The molecule has 0 unspecified atom stereocenters. The zero-order valence-electron chi connectivity index (χ0n) is 10.8. The highest BCUT2D eigenvalue weighted by atomic mass is 16.3. The summed E-state index contributed by atoms with van der Waals surface area (Å²) in [6.45, 7) is 4.61. The first-order valence-corrected chi connectivity index (χ1v) is 6.70. The van der Waals surface area contributed by atoms with Crippen LogP contribution in [0.15, 0.2) is 16.5 Å². The molecule has 96 valence electrons. The molecule has 2 rings (SSSR count). The van der Waals surface area contributed by atoms with Crippen molar-refractivity contribution in [3.05, 3.63) is 23.7 Å². The third-order valence-electron chi connectivity index (χ3n) is 3.94. The van der Waals surface area contributed by atoms with Gasteiger partial charge in [0.2, 0.25) is 0 Å². The second-order valence-electron chi connectivity index (χ2n) is 5.38. The van der Waals surface area contributed by atoms with Crippen LogP contribution in [-0.2, 0) is 6.54 Å². The monoisotopic (exact) mass is 236 g/mol. The number of nitrogens with two attached hydrogens (primary N) is 1. The highest BCUT2D eigenvalue weighted by molar-refractivity contribution is 5.05. The van der Waals surface area contributed by atoms with Crippen LogP contribution in [0.5, 0.6) is 0 Å². The smallest absolute Gasteiger partial charge is 0.117 e. The zero-order chi connectivity index (χ0) is 12.1. The van der Waals surface area contributed by atoms with Crippen LogP contribution in [0.4, 0.5) is 0 Å². The van der Waals surface area contributed by atoms with Gasteiger partial charge in [0, 0.05) is 6.54 Å². The molecular formula is C14H24N2O. The van der Waals surface area contributed by atoms with E-state index >= 15 is 0 Å². The highest BCUT2D eigenvalue weighted by Gasteiger charge is 2.29. The topological polar surface area (TPSA) is 51.2 Å². The molecule has 1 aromatic heterocycles. The third kappa shape index (κ3) is 3.33. The van der Waals surface area contributed by atoms with Gasteiger partial charge in [-0.1, -0.05) is 19.3 Å². The normalized spacial score (nSPS) is 19.4. The first-order valence-electron chi connectivity index (χ1n) is 6.70. The van der Waals surface area contributed by atoms with Gasteiger partial charge >= 0.3 is 0 Å². The van der Waals surface area contributed by atoms with E-state index in [1.54, 1.807) is 0 Å². The molecule has 1 fully saturated rings. The minimum absolute atomic E-state index is 0.333. The van der Waals surface area contributed by atoms with Gasteiger partial charge < -0.3 is 15.5 Å². The Hall–Kier alpha value is -0.800. The molecule has 0 bridgehead atoms. The van der Waals surface area contributed by atoms with Crippen LogP contribution in [0.3, 0.4) is 0 Å². The molecule has 0 amide bonds. The van der Waals surface area contributed by atoms with E-state index in [9.17, 15) is 0 Å². The van der Waals surface area contributed by atoms with E-state index in [0.717, 1.165) is 31.2 Å². The molecule has 0 aliphatic heterocycles. The Morgan fingerprint density at radius 2 is 2.06 bits per heavy atom. The van der Waals surface area contributed by atoms with Crippen molar-refractivity contribution in [1.82, 2.24) is 5.32 Å². The van der Waals surface area contributed by atoms with Gasteiger partial charge in [0.15, 0.2) is 0 Å². The van der Waals surface area contributed by atoms with Crippen LogP contribution in [-0.4, -0.2) is 13.1 Å². The second-order valence-corrected chi connectivity index (χ2v) is 5.38. The van der Waals surface area contributed by atoms with Gasteiger partial charge in [-0.15, -0.1) is 0 Å². The first-order chi connectivity index (χ1) is 8.24. The molecule has 1 aliphatic rings. The van der Waals surface area contributed by atoms with Crippen LogP contribution in [0, 0.1) is 12.3 Å². The van der Waals surface area contributed by atoms with Gasteiger partial charge in [-0.05, 0) is 43.9 Å². The minimum Gasteiger partial charge on any atom is -0.465 e. The fourth-order valence-corrected chi connectivity index (χ4v) is 2.79. The van der Waals surface area contributed by atoms with Crippen molar-refractivity contribution in [1.29, 1.82) is 0 Å². The number of furan rings is 1. The molecular weight excluding hydrogens is 212 g/mol. The Morgan fingerprint density at radius 3 is 2.65 bits per heavy atom. The first kappa shape index (κ1) is 12.7. The van der Waals surface area contributed by atoms with Crippen molar-refractivity contribution < 1.29 is 4.42 Å². The SMILES string of the molecule is Cc1ccc(CNCC2(CN)CCCCC2)o1. The average Bonchev–Trinajstić information content (AvgIpc) is 2.76. The van der Waals surface area contributed by atoms with Gasteiger partial charge in [-0.2, -0.15) is 0 Å². The molecule has 3 N–H and O–H groups in total. The molecule has 0 radical (unpaired) electrons.